The summed E-state index contributed by atoms with van der Waals surface area (Å²) in [6.07, 6.45) is 0.138. The lowest BCUT2D eigenvalue weighted by molar-refractivity contribution is 0.0999. The Kier molecular flexibility index (Phi) is 2.88. The molecule has 0 aromatic heterocycles. The number of nitriles is 1. The number of hydrogen-bond acceptors (Lipinski definition) is 2. The number of primary amides is 1. The van der Waals surface area contributed by atoms with Gasteiger partial charge in [0.1, 0.15) is 0 Å². The zero-order valence-corrected chi connectivity index (χ0v) is 7.51. The number of benzene rings is 1. The van der Waals surface area contributed by atoms with Crippen LogP contribution >= 0.6 is 11.6 Å². The fraction of sp³-hybridized carbons (Fsp3) is 0.111. The van der Waals surface area contributed by atoms with Gasteiger partial charge in [0.15, 0.2) is 0 Å². The summed E-state index contributed by atoms with van der Waals surface area (Å²) in [5, 5.41) is 8.76. The molecule has 0 bridgehead atoms. The summed E-state index contributed by atoms with van der Waals surface area (Å²) in [4.78, 5) is 10.9. The third-order valence-corrected chi connectivity index (χ3v) is 1.93. The minimum Gasteiger partial charge on any atom is -0.366 e. The topological polar surface area (TPSA) is 66.9 Å². The Hall–Kier alpha value is -1.53. The second kappa shape index (κ2) is 3.92. The van der Waals surface area contributed by atoms with E-state index in [1.807, 2.05) is 6.07 Å². The highest BCUT2D eigenvalue weighted by molar-refractivity contribution is 6.34. The van der Waals surface area contributed by atoms with Gasteiger partial charge in [0, 0.05) is 0 Å². The van der Waals surface area contributed by atoms with Gasteiger partial charge in [0.25, 0.3) is 5.91 Å². The van der Waals surface area contributed by atoms with Crippen LogP contribution in [-0.2, 0) is 6.42 Å². The Morgan fingerprint density at radius 1 is 1.62 bits per heavy atom. The molecule has 4 heteroatoms. The SMILES string of the molecule is N#CCc1cccc(Cl)c1C(N)=O. The van der Waals surface area contributed by atoms with E-state index < -0.39 is 5.91 Å². The molecule has 3 nitrogen and oxygen atoms in total. The molecule has 1 rings (SSSR count). The molecule has 0 atom stereocenters. The number of nitrogens with two attached hydrogens (primary N) is 1. The maximum Gasteiger partial charge on any atom is 0.250 e. The molecule has 0 spiro atoms. The Morgan fingerprint density at radius 2 is 2.31 bits per heavy atom. The maximum absolute atomic E-state index is 10.9. The van der Waals surface area contributed by atoms with Crippen molar-refractivity contribution in [3.63, 3.8) is 0 Å². The minimum absolute atomic E-state index is 0.138. The van der Waals surface area contributed by atoms with Crippen LogP contribution in [0.4, 0.5) is 0 Å². The highest BCUT2D eigenvalue weighted by Gasteiger charge is 2.11. The van der Waals surface area contributed by atoms with Crippen LogP contribution in [-0.4, -0.2) is 5.91 Å². The lowest BCUT2D eigenvalue weighted by Gasteiger charge is -2.03. The van der Waals surface area contributed by atoms with Crippen molar-refractivity contribution in [3.05, 3.63) is 34.3 Å². The largest absolute Gasteiger partial charge is 0.366 e. The highest BCUT2D eigenvalue weighted by Crippen LogP contribution is 2.19. The number of rotatable bonds is 2. The van der Waals surface area contributed by atoms with E-state index in [4.69, 9.17) is 22.6 Å². The van der Waals surface area contributed by atoms with Crippen LogP contribution in [0, 0.1) is 11.3 Å². The standard InChI is InChI=1S/C9H7ClN2O/c10-7-3-1-2-6(4-5-11)8(7)9(12)13/h1-3H,4H2,(H2,12,13). The summed E-state index contributed by atoms with van der Waals surface area (Å²) in [6.45, 7) is 0. The van der Waals surface area contributed by atoms with Crippen molar-refractivity contribution in [3.8, 4) is 6.07 Å². The Labute approximate surface area is 80.7 Å². The number of hydrogen-bond donors (Lipinski definition) is 1. The molecule has 0 aliphatic heterocycles. The molecule has 2 N–H and O–H groups in total. The predicted octanol–water partition coefficient (Wildman–Crippen LogP) is 1.50. The zero-order chi connectivity index (χ0) is 9.84. The van der Waals surface area contributed by atoms with Gasteiger partial charge in [0.2, 0.25) is 0 Å². The van der Waals surface area contributed by atoms with Crippen molar-refractivity contribution in [2.24, 2.45) is 5.73 Å². The highest BCUT2D eigenvalue weighted by atomic mass is 35.5. The van der Waals surface area contributed by atoms with Gasteiger partial charge in [-0.3, -0.25) is 4.79 Å². The summed E-state index contributed by atoms with van der Waals surface area (Å²) in [5.74, 6) is -0.601. The van der Waals surface area contributed by atoms with E-state index in [1.54, 1.807) is 18.2 Å². The van der Waals surface area contributed by atoms with E-state index >= 15 is 0 Å². The van der Waals surface area contributed by atoms with Gasteiger partial charge in [-0.2, -0.15) is 5.26 Å². The molecule has 13 heavy (non-hydrogen) atoms. The van der Waals surface area contributed by atoms with E-state index in [0.717, 1.165) is 0 Å². The van der Waals surface area contributed by atoms with Crippen LogP contribution in [0.5, 0.6) is 0 Å². The minimum atomic E-state index is -0.601. The second-order valence-electron chi connectivity index (χ2n) is 2.47. The lowest BCUT2D eigenvalue weighted by atomic mass is 10.0. The average Bonchev–Trinajstić information content (AvgIpc) is 2.04. The molecule has 1 aromatic rings. The quantitative estimate of drug-likeness (QED) is 0.776. The third-order valence-electron chi connectivity index (χ3n) is 1.62. The predicted molar refractivity (Wildman–Crippen MR) is 49.3 cm³/mol. The average molecular weight is 195 g/mol. The summed E-state index contributed by atoms with van der Waals surface area (Å²) >= 11 is 5.75. The lowest BCUT2D eigenvalue weighted by Crippen LogP contribution is -2.14. The van der Waals surface area contributed by atoms with Gasteiger partial charge in [-0.1, -0.05) is 23.7 Å². The third kappa shape index (κ3) is 1.98. The fourth-order valence-corrected chi connectivity index (χ4v) is 1.36. The molecule has 0 saturated carbocycles. The Balaban J connectivity index is 3.27. The molecule has 0 saturated heterocycles. The van der Waals surface area contributed by atoms with Crippen molar-refractivity contribution < 1.29 is 4.79 Å². The van der Waals surface area contributed by atoms with Crippen LogP contribution in [0.1, 0.15) is 15.9 Å². The van der Waals surface area contributed by atoms with Crippen molar-refractivity contribution in [2.75, 3.05) is 0 Å². The first-order valence-corrected chi connectivity index (χ1v) is 3.98. The maximum atomic E-state index is 10.9. The van der Waals surface area contributed by atoms with Crippen LogP contribution in [0.15, 0.2) is 18.2 Å². The van der Waals surface area contributed by atoms with Crippen molar-refractivity contribution in [1.82, 2.24) is 0 Å². The van der Waals surface area contributed by atoms with E-state index in [0.29, 0.717) is 10.6 Å². The summed E-state index contributed by atoms with van der Waals surface area (Å²) in [6, 6.07) is 6.86. The van der Waals surface area contributed by atoms with Crippen molar-refractivity contribution in [2.45, 2.75) is 6.42 Å². The normalized spacial score (nSPS) is 9.23. The summed E-state index contributed by atoms with van der Waals surface area (Å²) in [7, 11) is 0. The Bertz CT molecular complexity index is 382. The fourth-order valence-electron chi connectivity index (χ4n) is 1.08. The van der Waals surface area contributed by atoms with Crippen LogP contribution in [0.25, 0.3) is 0 Å². The molecule has 0 fully saturated rings. The summed E-state index contributed by atoms with van der Waals surface area (Å²) < 4.78 is 0. The van der Waals surface area contributed by atoms with Crippen molar-refractivity contribution >= 4 is 17.5 Å². The smallest absolute Gasteiger partial charge is 0.250 e. The molecule has 1 aromatic carbocycles. The molecular weight excluding hydrogens is 188 g/mol. The Morgan fingerprint density at radius 3 is 2.85 bits per heavy atom. The number of halogens is 1. The van der Waals surface area contributed by atoms with Gasteiger partial charge in [-0.25, -0.2) is 0 Å². The molecule has 0 aliphatic carbocycles. The van der Waals surface area contributed by atoms with Gasteiger partial charge in [0.05, 0.1) is 23.1 Å². The van der Waals surface area contributed by atoms with Crippen LogP contribution < -0.4 is 5.73 Å². The molecule has 66 valence electrons. The second-order valence-corrected chi connectivity index (χ2v) is 2.88. The van der Waals surface area contributed by atoms with E-state index in [1.165, 1.54) is 0 Å². The first kappa shape index (κ1) is 9.56. The first-order chi connectivity index (χ1) is 6.16. The van der Waals surface area contributed by atoms with E-state index in [9.17, 15) is 4.79 Å². The first-order valence-electron chi connectivity index (χ1n) is 3.61. The van der Waals surface area contributed by atoms with Gasteiger partial charge >= 0.3 is 0 Å². The van der Waals surface area contributed by atoms with E-state index in [2.05, 4.69) is 0 Å². The molecule has 1 amide bonds. The van der Waals surface area contributed by atoms with Crippen LogP contribution in [0.3, 0.4) is 0 Å². The molecule has 0 radical (unpaired) electrons. The van der Waals surface area contributed by atoms with Crippen LogP contribution in [0.2, 0.25) is 5.02 Å². The monoisotopic (exact) mass is 194 g/mol. The number of amides is 1. The molecule has 0 heterocycles. The van der Waals surface area contributed by atoms with Gasteiger partial charge in [-0.15, -0.1) is 0 Å². The number of nitrogens with zero attached hydrogens (tertiary/aromatic N) is 1. The molecule has 0 unspecified atom stereocenters. The number of carbonyl (C=O) groups is 1. The van der Waals surface area contributed by atoms with Crippen molar-refractivity contribution in [1.29, 1.82) is 5.26 Å². The van der Waals surface area contributed by atoms with Gasteiger partial charge in [-0.05, 0) is 11.6 Å². The van der Waals surface area contributed by atoms with E-state index in [-0.39, 0.29) is 12.0 Å². The number of carbonyl (C=O) groups excluding carboxylic acids is 1. The molecular formula is C9H7ClN2O. The molecule has 0 aliphatic rings. The summed E-state index contributed by atoms with van der Waals surface area (Å²) in [5.41, 5.74) is 5.93. The zero-order valence-electron chi connectivity index (χ0n) is 6.75. The van der Waals surface area contributed by atoms with Gasteiger partial charge < -0.3 is 5.73 Å².